The van der Waals surface area contributed by atoms with Crippen LogP contribution in [-0.4, -0.2) is 19.5 Å². The number of aromatic nitrogens is 4. The van der Waals surface area contributed by atoms with Crippen LogP contribution in [0.3, 0.4) is 0 Å². The normalized spacial score (nSPS) is 26.5. The second-order valence-electron chi connectivity index (χ2n) is 25.7. The van der Waals surface area contributed by atoms with Crippen molar-refractivity contribution in [3.05, 3.63) is 204 Å². The Kier molecular flexibility index (Phi) is 12.1. The van der Waals surface area contributed by atoms with Crippen molar-refractivity contribution < 1.29 is 0 Å². The highest BCUT2D eigenvalue weighted by Gasteiger charge is 2.60. The highest BCUT2D eigenvalue weighted by molar-refractivity contribution is 6.11. The molecule has 9 aromatic rings. The summed E-state index contributed by atoms with van der Waals surface area (Å²) in [6.07, 6.45) is 17.0. The van der Waals surface area contributed by atoms with Gasteiger partial charge in [-0.2, -0.15) is 9.97 Å². The SMILES string of the molecule is CC(C)CCC[C@@H](C)[C@H]1CC[C@H]2[C@@H]3CCC4CC(c5ccc(-c6nc(-c7ccccc7)nc(-n7c8ccccc8c8cc9c(cc87)-c7ccccc7C9(c7ccccc7)c7ccccc7)n6)cc5)CC[C@]4(C)[C@H]3CC[C@]12C. The van der Waals surface area contributed by atoms with Gasteiger partial charge in [-0.15, -0.1) is 0 Å². The van der Waals surface area contributed by atoms with E-state index < -0.39 is 5.41 Å². The van der Waals surface area contributed by atoms with Crippen LogP contribution >= 0.6 is 0 Å². The molecule has 388 valence electrons. The van der Waals surface area contributed by atoms with Gasteiger partial charge in [0.05, 0.1) is 16.4 Å². The summed E-state index contributed by atoms with van der Waals surface area (Å²) in [5, 5.41) is 2.35. The lowest BCUT2D eigenvalue weighted by Gasteiger charge is -2.61. The molecule has 5 aliphatic rings. The molecule has 0 spiro atoms. The minimum atomic E-state index is -0.502. The van der Waals surface area contributed by atoms with Gasteiger partial charge in [0.1, 0.15) is 0 Å². The van der Waals surface area contributed by atoms with E-state index in [0.717, 1.165) is 63.6 Å². The summed E-state index contributed by atoms with van der Waals surface area (Å²) in [5.41, 5.74) is 13.8. The summed E-state index contributed by atoms with van der Waals surface area (Å²) in [6, 6.07) is 64.8. The maximum atomic E-state index is 5.48. The minimum Gasteiger partial charge on any atom is -0.278 e. The van der Waals surface area contributed by atoms with Crippen molar-refractivity contribution in [3.63, 3.8) is 0 Å². The smallest absolute Gasteiger partial charge is 0.238 e. The molecule has 77 heavy (non-hydrogen) atoms. The topological polar surface area (TPSA) is 43.6 Å². The third kappa shape index (κ3) is 7.76. The molecule has 2 unspecified atom stereocenters. The number of rotatable bonds is 11. The van der Waals surface area contributed by atoms with Gasteiger partial charge in [0.25, 0.3) is 0 Å². The molecule has 0 N–H and O–H groups in total. The molecule has 9 atom stereocenters. The molecule has 2 aromatic heterocycles. The lowest BCUT2D eigenvalue weighted by molar-refractivity contribution is -0.117. The Morgan fingerprint density at radius 2 is 1.16 bits per heavy atom. The monoisotopic (exact) mass is 1010 g/mol. The molecule has 4 nitrogen and oxygen atoms in total. The average molecular weight is 1010 g/mol. The van der Waals surface area contributed by atoms with E-state index in [2.05, 4.69) is 215 Å². The third-order valence-electron chi connectivity index (χ3n) is 21.6. The minimum absolute atomic E-state index is 0.472. The van der Waals surface area contributed by atoms with E-state index in [1.807, 2.05) is 0 Å². The number of para-hydroxylation sites is 1. The van der Waals surface area contributed by atoms with E-state index in [0.29, 0.717) is 34.3 Å². The number of hydrogen-bond acceptors (Lipinski definition) is 3. The number of fused-ring (bicyclic) bond motifs is 11. The predicted octanol–water partition coefficient (Wildman–Crippen LogP) is 18.9. The summed E-state index contributed by atoms with van der Waals surface area (Å²) in [6.45, 7) is 12.9. The first kappa shape index (κ1) is 48.7. The van der Waals surface area contributed by atoms with Crippen LogP contribution in [0, 0.1) is 52.3 Å². The first-order valence-electron chi connectivity index (χ1n) is 29.8. The summed E-state index contributed by atoms with van der Waals surface area (Å²) in [4.78, 5) is 16.2. The summed E-state index contributed by atoms with van der Waals surface area (Å²) in [7, 11) is 0. The van der Waals surface area contributed by atoms with Crippen molar-refractivity contribution in [1.29, 1.82) is 0 Å². The largest absolute Gasteiger partial charge is 0.278 e. The first-order valence-corrected chi connectivity index (χ1v) is 29.8. The molecule has 4 heteroatoms. The average Bonchev–Trinajstić information content (AvgIpc) is 4.21. The second kappa shape index (κ2) is 19.1. The lowest BCUT2D eigenvalue weighted by atomic mass is 9.43. The van der Waals surface area contributed by atoms with E-state index in [1.54, 1.807) is 0 Å². The van der Waals surface area contributed by atoms with Crippen molar-refractivity contribution in [2.45, 2.75) is 123 Å². The zero-order valence-electron chi connectivity index (χ0n) is 46.1. The van der Waals surface area contributed by atoms with Crippen molar-refractivity contribution in [1.82, 2.24) is 19.5 Å². The standard InChI is InChI=1S/C73H76N4/c1-47(2)20-19-21-48(3)61-38-39-62-58-37-36-55-44-52(40-42-71(55,4)63(58)41-43-72(61,62)5)49-32-34-51(35-33-49)69-74-68(50-22-9-6-10-23-50)75-70(76-69)77-66-31-18-16-29-57(66)60-45-65-59(46-67(60)77)56-28-15-17-30-64(56)73(65,53-24-11-7-12-25-53)54-26-13-8-14-27-54/h6-18,22-35,45-48,52,55,58,61-63H,19-21,36-44H2,1-5H3/t48-,52?,55?,58+,61-,62+,63+,71+,72-/m1/s1. The van der Waals surface area contributed by atoms with Crippen molar-refractivity contribution >= 4 is 21.8 Å². The maximum absolute atomic E-state index is 5.48. The molecular formula is C73H76N4. The van der Waals surface area contributed by atoms with E-state index in [1.165, 1.54) is 127 Å². The second-order valence-corrected chi connectivity index (χ2v) is 25.7. The Morgan fingerprint density at radius 3 is 1.88 bits per heavy atom. The summed E-state index contributed by atoms with van der Waals surface area (Å²) < 4.78 is 2.30. The first-order chi connectivity index (χ1) is 37.6. The zero-order chi connectivity index (χ0) is 52.0. The Labute approximate surface area is 457 Å². The van der Waals surface area contributed by atoms with Crippen LogP contribution in [0.15, 0.2) is 176 Å². The molecule has 0 amide bonds. The molecular weight excluding hydrogens is 933 g/mol. The van der Waals surface area contributed by atoms with E-state index in [-0.39, 0.29) is 0 Å². The Balaban J connectivity index is 0.798. The van der Waals surface area contributed by atoms with E-state index in [4.69, 9.17) is 15.0 Å². The highest BCUT2D eigenvalue weighted by atomic mass is 15.2. The summed E-state index contributed by atoms with van der Waals surface area (Å²) >= 11 is 0. The molecule has 0 aliphatic heterocycles. The summed E-state index contributed by atoms with van der Waals surface area (Å²) in [5.74, 6) is 8.80. The fourth-order valence-electron chi connectivity index (χ4n) is 17.9. The van der Waals surface area contributed by atoms with E-state index >= 15 is 0 Å². The van der Waals surface area contributed by atoms with Gasteiger partial charge >= 0.3 is 0 Å². The fraction of sp³-hybridized carbons (Fsp3) is 0.384. The van der Waals surface area contributed by atoms with Crippen LogP contribution in [0.4, 0.5) is 0 Å². The van der Waals surface area contributed by atoms with Crippen molar-refractivity contribution in [2.75, 3.05) is 0 Å². The van der Waals surface area contributed by atoms with Gasteiger partial charge in [-0.1, -0.05) is 212 Å². The van der Waals surface area contributed by atoms with Crippen LogP contribution in [0.2, 0.25) is 0 Å². The fourth-order valence-corrected chi connectivity index (χ4v) is 17.9. The van der Waals surface area contributed by atoms with Crippen molar-refractivity contribution in [3.8, 4) is 39.9 Å². The van der Waals surface area contributed by atoms with Crippen molar-refractivity contribution in [2.24, 2.45) is 52.3 Å². The molecule has 0 bridgehead atoms. The van der Waals surface area contributed by atoms with Crippen LogP contribution in [0.25, 0.3) is 61.7 Å². The number of nitrogens with zero attached hydrogens (tertiary/aromatic N) is 4. The van der Waals surface area contributed by atoms with Gasteiger partial charge in [-0.05, 0) is 173 Å². The van der Waals surface area contributed by atoms with Crippen LogP contribution in [0.1, 0.15) is 145 Å². The molecule has 0 saturated heterocycles. The van der Waals surface area contributed by atoms with Gasteiger partial charge in [0.15, 0.2) is 11.6 Å². The molecule has 0 radical (unpaired) electrons. The third-order valence-corrected chi connectivity index (χ3v) is 21.6. The molecule has 4 fully saturated rings. The quantitative estimate of drug-likeness (QED) is 0.130. The van der Waals surface area contributed by atoms with Crippen LogP contribution in [-0.2, 0) is 5.41 Å². The molecule has 5 aliphatic carbocycles. The Hall–Kier alpha value is -6.65. The molecule has 2 heterocycles. The Morgan fingerprint density at radius 1 is 0.519 bits per heavy atom. The Bertz CT molecular complexity index is 3580. The number of hydrogen-bond donors (Lipinski definition) is 0. The predicted molar refractivity (Wildman–Crippen MR) is 318 cm³/mol. The van der Waals surface area contributed by atoms with Gasteiger partial charge in [0, 0.05) is 21.9 Å². The van der Waals surface area contributed by atoms with Gasteiger partial charge in [0.2, 0.25) is 5.95 Å². The zero-order valence-corrected chi connectivity index (χ0v) is 46.1. The van der Waals surface area contributed by atoms with Gasteiger partial charge in [-0.25, -0.2) is 4.98 Å². The molecule has 7 aromatic carbocycles. The lowest BCUT2D eigenvalue weighted by Crippen LogP contribution is -2.53. The molecule has 4 saturated carbocycles. The molecule has 14 rings (SSSR count). The number of benzene rings is 7. The van der Waals surface area contributed by atoms with Crippen LogP contribution in [0.5, 0.6) is 0 Å². The highest BCUT2D eigenvalue weighted by Crippen LogP contribution is 2.69. The van der Waals surface area contributed by atoms with E-state index in [9.17, 15) is 0 Å². The van der Waals surface area contributed by atoms with Crippen LogP contribution < -0.4 is 0 Å². The maximum Gasteiger partial charge on any atom is 0.238 e. The van der Waals surface area contributed by atoms with Gasteiger partial charge in [-0.3, -0.25) is 4.57 Å². The van der Waals surface area contributed by atoms with Gasteiger partial charge < -0.3 is 0 Å².